The van der Waals surface area contributed by atoms with E-state index in [9.17, 15) is 17.6 Å². The van der Waals surface area contributed by atoms with Gasteiger partial charge in [0.2, 0.25) is 11.8 Å². The Balaban J connectivity index is 2.15. The molecule has 21 heavy (non-hydrogen) atoms. The molecule has 1 aromatic heterocycles. The van der Waals surface area contributed by atoms with E-state index in [1.807, 2.05) is 0 Å². The minimum absolute atomic E-state index is 0.125. The molecule has 0 saturated heterocycles. The summed E-state index contributed by atoms with van der Waals surface area (Å²) in [6.45, 7) is 0. The van der Waals surface area contributed by atoms with Crippen LogP contribution in [0.3, 0.4) is 0 Å². The van der Waals surface area contributed by atoms with Crippen molar-refractivity contribution in [1.29, 1.82) is 0 Å². The van der Waals surface area contributed by atoms with E-state index in [2.05, 4.69) is 10.3 Å². The normalized spacial score (nSPS) is 11.3. The van der Waals surface area contributed by atoms with Crippen molar-refractivity contribution in [3.8, 4) is 11.5 Å². The van der Waals surface area contributed by atoms with Gasteiger partial charge in [0.25, 0.3) is 0 Å². The van der Waals surface area contributed by atoms with Crippen LogP contribution >= 0.6 is 0 Å². The van der Waals surface area contributed by atoms with Gasteiger partial charge in [-0.05, 0) is 18.2 Å². The highest BCUT2D eigenvalue weighted by atomic mass is 32.2. The molecular weight excluding hydrogens is 299 g/mol. The molecule has 0 bridgehead atoms. The number of nitrogens with one attached hydrogen (secondary N) is 1. The molecule has 1 aromatic carbocycles. The van der Waals surface area contributed by atoms with Crippen LogP contribution in [-0.2, 0) is 20.4 Å². The van der Waals surface area contributed by atoms with E-state index in [0.717, 1.165) is 0 Å². The summed E-state index contributed by atoms with van der Waals surface area (Å²) in [7, 11) is -2.27. The zero-order valence-electron chi connectivity index (χ0n) is 11.2. The molecule has 112 valence electrons. The second-order valence-electron chi connectivity index (χ2n) is 4.36. The van der Waals surface area contributed by atoms with E-state index in [4.69, 9.17) is 4.42 Å². The molecule has 6 nitrogen and oxygen atoms in total. The van der Waals surface area contributed by atoms with Gasteiger partial charge < -0.3 is 9.73 Å². The highest BCUT2D eigenvalue weighted by molar-refractivity contribution is 7.91. The van der Waals surface area contributed by atoms with Crippen molar-refractivity contribution in [2.45, 2.75) is 5.75 Å². The quantitative estimate of drug-likeness (QED) is 0.894. The number of benzene rings is 1. The van der Waals surface area contributed by atoms with Crippen LogP contribution in [0.5, 0.6) is 0 Å². The predicted molar refractivity (Wildman–Crippen MR) is 73.5 cm³/mol. The number of rotatable bonds is 5. The highest BCUT2D eigenvalue weighted by Crippen LogP contribution is 2.20. The molecule has 0 fully saturated rings. The average molecular weight is 312 g/mol. The molecule has 0 aliphatic heterocycles. The fourth-order valence-electron chi connectivity index (χ4n) is 1.68. The number of hydrogen-bond acceptors (Lipinski definition) is 5. The number of carbonyl (C=O) groups is 1. The second-order valence-corrected chi connectivity index (χ2v) is 6.42. The van der Waals surface area contributed by atoms with Crippen LogP contribution in [0.2, 0.25) is 0 Å². The standard InChI is InChI=1S/C13H13FN2O4S/c1-15-12(17)8-21(18,19)7-11-6-20-13(16-11)9-3-2-4-10(14)5-9/h2-6H,7-8H2,1H3,(H,15,17). The van der Waals surface area contributed by atoms with Gasteiger partial charge in [-0.15, -0.1) is 0 Å². The Hall–Kier alpha value is -2.22. The summed E-state index contributed by atoms with van der Waals surface area (Å²) in [6, 6.07) is 5.60. The van der Waals surface area contributed by atoms with Crippen LogP contribution in [0, 0.1) is 5.82 Å². The molecule has 0 atom stereocenters. The van der Waals surface area contributed by atoms with E-state index >= 15 is 0 Å². The number of amides is 1. The van der Waals surface area contributed by atoms with Crippen LogP contribution in [0.1, 0.15) is 5.69 Å². The first kappa shape index (κ1) is 15.2. The fourth-order valence-corrected chi connectivity index (χ4v) is 2.90. The third kappa shape index (κ3) is 4.12. The van der Waals surface area contributed by atoms with Crippen LogP contribution in [-0.4, -0.2) is 32.1 Å². The number of nitrogens with zero attached hydrogens (tertiary/aromatic N) is 1. The molecule has 2 aromatic rings. The first-order valence-electron chi connectivity index (χ1n) is 6.01. The van der Waals surface area contributed by atoms with Crippen LogP contribution in [0.25, 0.3) is 11.5 Å². The first-order chi connectivity index (χ1) is 9.89. The molecule has 1 N–H and O–H groups in total. The molecule has 0 aliphatic carbocycles. The average Bonchev–Trinajstić information content (AvgIpc) is 2.85. The number of carbonyl (C=O) groups excluding carboxylic acids is 1. The van der Waals surface area contributed by atoms with Gasteiger partial charge in [-0.25, -0.2) is 17.8 Å². The summed E-state index contributed by atoms with van der Waals surface area (Å²) in [6.07, 6.45) is 1.18. The minimum Gasteiger partial charge on any atom is -0.444 e. The van der Waals surface area contributed by atoms with Gasteiger partial charge in [0.15, 0.2) is 9.84 Å². The Morgan fingerprint density at radius 1 is 1.43 bits per heavy atom. The molecule has 2 rings (SSSR count). The maximum Gasteiger partial charge on any atom is 0.234 e. The number of halogens is 1. The summed E-state index contributed by atoms with van der Waals surface area (Å²) >= 11 is 0. The lowest BCUT2D eigenvalue weighted by Crippen LogP contribution is -2.27. The van der Waals surface area contributed by atoms with Gasteiger partial charge in [0.05, 0.1) is 11.4 Å². The van der Waals surface area contributed by atoms with Crippen LogP contribution in [0.15, 0.2) is 34.9 Å². The lowest BCUT2D eigenvalue weighted by molar-refractivity contribution is -0.118. The molecule has 0 aliphatic rings. The van der Waals surface area contributed by atoms with E-state index in [1.165, 1.54) is 31.5 Å². The van der Waals surface area contributed by atoms with Gasteiger partial charge in [0.1, 0.15) is 17.8 Å². The molecule has 0 radical (unpaired) electrons. The molecule has 0 unspecified atom stereocenters. The zero-order valence-corrected chi connectivity index (χ0v) is 12.0. The number of hydrogen-bond donors (Lipinski definition) is 1. The zero-order chi connectivity index (χ0) is 15.5. The van der Waals surface area contributed by atoms with E-state index in [0.29, 0.717) is 5.56 Å². The molecule has 1 heterocycles. The minimum atomic E-state index is -3.63. The highest BCUT2D eigenvalue weighted by Gasteiger charge is 2.19. The predicted octanol–water partition coefficient (Wildman–Crippen LogP) is 1.14. The molecule has 8 heteroatoms. The summed E-state index contributed by atoms with van der Waals surface area (Å²) in [5, 5.41) is 2.24. The van der Waals surface area contributed by atoms with Crippen molar-refractivity contribution in [3.63, 3.8) is 0 Å². The largest absolute Gasteiger partial charge is 0.444 e. The Kier molecular flexibility index (Phi) is 4.37. The van der Waals surface area contributed by atoms with E-state index < -0.39 is 33.1 Å². The van der Waals surface area contributed by atoms with Crippen LogP contribution < -0.4 is 5.32 Å². The van der Waals surface area contributed by atoms with Gasteiger partial charge >= 0.3 is 0 Å². The van der Waals surface area contributed by atoms with Crippen molar-refractivity contribution in [3.05, 3.63) is 42.0 Å². The Bertz CT molecular complexity index is 755. The first-order valence-corrected chi connectivity index (χ1v) is 7.83. The van der Waals surface area contributed by atoms with Crippen molar-refractivity contribution < 1.29 is 22.0 Å². The monoisotopic (exact) mass is 312 g/mol. The Morgan fingerprint density at radius 2 is 2.19 bits per heavy atom. The Labute approximate surface area is 120 Å². The summed E-state index contributed by atoms with van der Waals surface area (Å²) < 4.78 is 41.8. The second kappa shape index (κ2) is 6.04. The fraction of sp³-hybridized carbons (Fsp3) is 0.231. The summed E-state index contributed by atoms with van der Waals surface area (Å²) in [4.78, 5) is 15.1. The lowest BCUT2D eigenvalue weighted by atomic mass is 10.2. The van der Waals surface area contributed by atoms with Gasteiger partial charge in [-0.2, -0.15) is 0 Å². The third-order valence-electron chi connectivity index (χ3n) is 2.62. The summed E-state index contributed by atoms with van der Waals surface area (Å²) in [5.74, 6) is -1.95. The maximum atomic E-state index is 13.1. The number of oxazole rings is 1. The van der Waals surface area contributed by atoms with Gasteiger partial charge in [0, 0.05) is 12.6 Å². The van der Waals surface area contributed by atoms with Crippen molar-refractivity contribution >= 4 is 15.7 Å². The molecule has 1 amide bonds. The molecular formula is C13H13FN2O4S. The van der Waals surface area contributed by atoms with Crippen LogP contribution in [0.4, 0.5) is 4.39 Å². The molecule has 0 spiro atoms. The summed E-state index contributed by atoms with van der Waals surface area (Å²) in [5.41, 5.74) is 0.572. The number of sulfone groups is 1. The topological polar surface area (TPSA) is 89.3 Å². The maximum absolute atomic E-state index is 13.1. The van der Waals surface area contributed by atoms with E-state index in [-0.39, 0.29) is 11.6 Å². The van der Waals surface area contributed by atoms with Crippen molar-refractivity contribution in [2.24, 2.45) is 0 Å². The van der Waals surface area contributed by atoms with Crippen molar-refractivity contribution in [1.82, 2.24) is 10.3 Å². The van der Waals surface area contributed by atoms with Gasteiger partial charge in [-0.3, -0.25) is 4.79 Å². The molecule has 0 saturated carbocycles. The van der Waals surface area contributed by atoms with Crippen molar-refractivity contribution in [2.75, 3.05) is 12.8 Å². The lowest BCUT2D eigenvalue weighted by Gasteiger charge is -2.00. The SMILES string of the molecule is CNC(=O)CS(=O)(=O)Cc1coc(-c2cccc(F)c2)n1. The number of aromatic nitrogens is 1. The van der Waals surface area contributed by atoms with Gasteiger partial charge in [-0.1, -0.05) is 6.07 Å². The van der Waals surface area contributed by atoms with E-state index in [1.54, 1.807) is 6.07 Å². The smallest absolute Gasteiger partial charge is 0.234 e. The Morgan fingerprint density at radius 3 is 2.86 bits per heavy atom. The third-order valence-corrected chi connectivity index (χ3v) is 4.06.